The van der Waals surface area contributed by atoms with Gasteiger partial charge in [-0.1, -0.05) is 13.3 Å². The summed E-state index contributed by atoms with van der Waals surface area (Å²) in [6.45, 7) is 3.04. The molecule has 0 unspecified atom stereocenters. The van der Waals surface area contributed by atoms with Crippen LogP contribution in [-0.4, -0.2) is 53.0 Å². The number of sulfonamides is 1. The number of primary amides is 1. The predicted octanol–water partition coefficient (Wildman–Crippen LogP) is 0.580. The molecule has 1 aliphatic heterocycles. The van der Waals surface area contributed by atoms with E-state index in [1.54, 1.807) is 4.31 Å². The third kappa shape index (κ3) is 3.51. The zero-order valence-corrected chi connectivity index (χ0v) is 14.5. The molecule has 0 aromatic carbocycles. The van der Waals surface area contributed by atoms with Crippen LogP contribution in [0.25, 0.3) is 0 Å². The summed E-state index contributed by atoms with van der Waals surface area (Å²) in [5, 5.41) is 3.05. The summed E-state index contributed by atoms with van der Waals surface area (Å²) in [7, 11) is -3.18. The Kier molecular flexibility index (Phi) is 4.73. The van der Waals surface area contributed by atoms with Crippen molar-refractivity contribution in [3.63, 3.8) is 0 Å². The summed E-state index contributed by atoms with van der Waals surface area (Å²) in [5.41, 5.74) is 5.32. The van der Waals surface area contributed by atoms with Crippen molar-refractivity contribution in [2.24, 2.45) is 11.7 Å². The molecule has 1 saturated carbocycles. The molecule has 2 fully saturated rings. The van der Waals surface area contributed by atoms with Crippen molar-refractivity contribution in [2.75, 3.05) is 18.4 Å². The Morgan fingerprint density at radius 1 is 1.38 bits per heavy atom. The molecule has 1 aromatic rings. The van der Waals surface area contributed by atoms with Gasteiger partial charge in [0.2, 0.25) is 10.0 Å². The molecular formula is C15H23N5O3S. The first-order valence-corrected chi connectivity index (χ1v) is 9.79. The molecule has 1 aromatic heterocycles. The van der Waals surface area contributed by atoms with Gasteiger partial charge in [-0.25, -0.2) is 13.4 Å². The van der Waals surface area contributed by atoms with E-state index in [9.17, 15) is 13.2 Å². The zero-order valence-electron chi connectivity index (χ0n) is 13.7. The van der Waals surface area contributed by atoms with Crippen molar-refractivity contribution in [3.8, 4) is 0 Å². The Bertz CT molecular complexity index is 720. The van der Waals surface area contributed by atoms with Gasteiger partial charge in [0, 0.05) is 19.1 Å². The second kappa shape index (κ2) is 6.64. The van der Waals surface area contributed by atoms with E-state index < -0.39 is 15.9 Å². The molecule has 9 heteroatoms. The lowest BCUT2D eigenvalue weighted by molar-refractivity contribution is 0.0995. The van der Waals surface area contributed by atoms with Crippen LogP contribution in [0.1, 0.15) is 43.1 Å². The maximum Gasteiger partial charge on any atom is 0.268 e. The number of hydrogen-bond acceptors (Lipinski definition) is 6. The first kappa shape index (κ1) is 17.1. The van der Waals surface area contributed by atoms with Gasteiger partial charge in [-0.2, -0.15) is 4.31 Å². The molecular weight excluding hydrogens is 330 g/mol. The highest BCUT2D eigenvalue weighted by Gasteiger charge is 2.45. The van der Waals surface area contributed by atoms with E-state index in [4.69, 9.17) is 5.73 Å². The first-order chi connectivity index (χ1) is 11.4. The maximum atomic E-state index is 12.5. The minimum atomic E-state index is -3.18. The average Bonchev–Trinajstić information content (AvgIpc) is 3.32. The number of carbonyl (C=O) groups is 1. The number of nitrogens with one attached hydrogen (secondary N) is 1. The number of carbonyl (C=O) groups excluding carboxylic acids is 1. The van der Waals surface area contributed by atoms with Gasteiger partial charge >= 0.3 is 0 Å². The van der Waals surface area contributed by atoms with Crippen molar-refractivity contribution in [2.45, 2.75) is 43.9 Å². The lowest BCUT2D eigenvalue weighted by atomic mass is 9.98. The Balaban J connectivity index is 1.75. The largest absolute Gasteiger partial charge is 0.364 e. The van der Waals surface area contributed by atoms with Gasteiger partial charge < -0.3 is 11.1 Å². The summed E-state index contributed by atoms with van der Waals surface area (Å²) in [4.78, 5) is 19.3. The smallest absolute Gasteiger partial charge is 0.268 e. The van der Waals surface area contributed by atoms with E-state index in [2.05, 4.69) is 22.2 Å². The molecule has 1 amide bonds. The molecule has 3 rings (SSSR count). The highest BCUT2D eigenvalue weighted by molar-refractivity contribution is 7.90. The molecule has 2 aliphatic rings. The molecule has 3 N–H and O–H groups in total. The molecule has 1 aliphatic carbocycles. The van der Waals surface area contributed by atoms with Crippen molar-refractivity contribution in [1.82, 2.24) is 14.3 Å². The number of hydrogen-bond donors (Lipinski definition) is 2. The minimum Gasteiger partial charge on any atom is -0.364 e. The molecule has 8 nitrogen and oxygen atoms in total. The van der Waals surface area contributed by atoms with E-state index >= 15 is 0 Å². The fraction of sp³-hybridized carbons (Fsp3) is 0.667. The summed E-state index contributed by atoms with van der Waals surface area (Å²) in [6.07, 6.45) is 6.27. The van der Waals surface area contributed by atoms with E-state index in [1.807, 2.05) is 0 Å². The molecule has 2 atom stereocenters. The number of anilines is 1. The Labute approximate surface area is 141 Å². The van der Waals surface area contributed by atoms with Crippen molar-refractivity contribution >= 4 is 21.7 Å². The van der Waals surface area contributed by atoms with Crippen molar-refractivity contribution < 1.29 is 13.2 Å². The Hall–Kier alpha value is -1.74. The number of amides is 1. The van der Waals surface area contributed by atoms with Crippen LogP contribution < -0.4 is 11.1 Å². The topological polar surface area (TPSA) is 118 Å². The first-order valence-electron chi connectivity index (χ1n) is 8.29. The monoisotopic (exact) mass is 353 g/mol. The predicted molar refractivity (Wildman–Crippen MR) is 89.9 cm³/mol. The molecule has 0 radical (unpaired) electrons. The minimum absolute atomic E-state index is 0.0455. The lowest BCUT2D eigenvalue weighted by Gasteiger charge is -2.19. The quantitative estimate of drug-likeness (QED) is 0.740. The van der Waals surface area contributed by atoms with Gasteiger partial charge in [0.15, 0.2) is 0 Å². The average molecular weight is 353 g/mol. The van der Waals surface area contributed by atoms with Crippen LogP contribution in [0.3, 0.4) is 0 Å². The molecule has 132 valence electrons. The van der Waals surface area contributed by atoms with E-state index in [-0.39, 0.29) is 22.9 Å². The summed E-state index contributed by atoms with van der Waals surface area (Å²) >= 11 is 0. The SMILES string of the molecule is CCC[C@H]1CN(S(=O)(=O)C2CC2)C[C@@H]1Nc1cncc(C(N)=O)n1. The van der Waals surface area contributed by atoms with E-state index in [0.29, 0.717) is 18.9 Å². The third-order valence-corrected chi connectivity index (χ3v) is 6.92. The second-order valence-electron chi connectivity index (χ2n) is 6.51. The second-order valence-corrected chi connectivity index (χ2v) is 8.73. The fourth-order valence-electron chi connectivity index (χ4n) is 3.19. The number of nitrogens with two attached hydrogens (primary N) is 1. The van der Waals surface area contributed by atoms with Crippen LogP contribution in [0, 0.1) is 5.92 Å². The van der Waals surface area contributed by atoms with E-state index in [0.717, 1.165) is 25.7 Å². The van der Waals surface area contributed by atoms with Crippen molar-refractivity contribution in [3.05, 3.63) is 18.1 Å². The summed E-state index contributed by atoms with van der Waals surface area (Å²) in [6, 6.07) is -0.0455. The zero-order chi connectivity index (χ0) is 17.3. The van der Waals surface area contributed by atoms with Crippen LogP contribution in [0.4, 0.5) is 5.82 Å². The van der Waals surface area contributed by atoms with Crippen LogP contribution in [0.2, 0.25) is 0 Å². The van der Waals surface area contributed by atoms with Crippen LogP contribution in [-0.2, 0) is 10.0 Å². The number of aromatic nitrogens is 2. The highest BCUT2D eigenvalue weighted by Crippen LogP contribution is 2.35. The number of nitrogens with zero attached hydrogens (tertiary/aromatic N) is 3. The molecule has 2 heterocycles. The summed E-state index contributed by atoms with van der Waals surface area (Å²) in [5.74, 6) is 0.0197. The summed E-state index contributed by atoms with van der Waals surface area (Å²) < 4.78 is 26.6. The van der Waals surface area contributed by atoms with Gasteiger partial charge in [0.05, 0.1) is 17.6 Å². The Morgan fingerprint density at radius 3 is 2.75 bits per heavy atom. The van der Waals surface area contributed by atoms with Gasteiger partial charge in [0.25, 0.3) is 5.91 Å². The normalized spacial score (nSPS) is 24.9. The third-order valence-electron chi connectivity index (χ3n) is 4.59. The van der Waals surface area contributed by atoms with Gasteiger partial charge in [-0.05, 0) is 25.2 Å². The number of rotatable bonds is 7. The van der Waals surface area contributed by atoms with Crippen LogP contribution in [0.5, 0.6) is 0 Å². The van der Waals surface area contributed by atoms with Crippen molar-refractivity contribution in [1.29, 1.82) is 0 Å². The van der Waals surface area contributed by atoms with Gasteiger partial charge in [0.1, 0.15) is 11.5 Å². The van der Waals surface area contributed by atoms with Gasteiger partial charge in [-0.3, -0.25) is 9.78 Å². The van der Waals surface area contributed by atoms with Crippen LogP contribution >= 0.6 is 0 Å². The standard InChI is InChI=1S/C15H23N5O3S/c1-2-3-10-8-20(24(22,23)11-4-5-11)9-13(10)19-14-7-17-6-12(18-14)15(16)21/h6-7,10-11,13H,2-5,8-9H2,1H3,(H2,16,21)(H,18,19)/t10-,13-/m0/s1. The van der Waals surface area contributed by atoms with Crippen LogP contribution in [0.15, 0.2) is 12.4 Å². The van der Waals surface area contributed by atoms with Gasteiger partial charge in [-0.15, -0.1) is 0 Å². The maximum absolute atomic E-state index is 12.5. The molecule has 1 saturated heterocycles. The highest BCUT2D eigenvalue weighted by atomic mass is 32.2. The molecule has 0 spiro atoms. The molecule has 0 bridgehead atoms. The lowest BCUT2D eigenvalue weighted by Crippen LogP contribution is -2.34. The molecule has 24 heavy (non-hydrogen) atoms. The fourth-order valence-corrected chi connectivity index (χ4v) is 5.11. The van der Waals surface area contributed by atoms with E-state index in [1.165, 1.54) is 12.4 Å². The Morgan fingerprint density at radius 2 is 2.12 bits per heavy atom.